The molecule has 116 valence electrons. The third-order valence-corrected chi connectivity index (χ3v) is 4.53. The van der Waals surface area contributed by atoms with E-state index in [4.69, 9.17) is 9.72 Å². The molecule has 2 fully saturated rings. The second-order valence-electron chi connectivity index (χ2n) is 6.33. The zero-order chi connectivity index (χ0) is 14.8. The van der Waals surface area contributed by atoms with E-state index in [9.17, 15) is 0 Å². The first-order valence-electron chi connectivity index (χ1n) is 8.14. The quantitative estimate of drug-likeness (QED) is 0.927. The first-order valence-corrected chi connectivity index (χ1v) is 8.14. The van der Waals surface area contributed by atoms with Crippen molar-refractivity contribution in [2.24, 2.45) is 0 Å². The SMILES string of the molecule is CNc1cc(N2CCOC3CCCCC32)nc(C(C)C)n1. The molecule has 1 saturated heterocycles. The van der Waals surface area contributed by atoms with Crippen LogP contribution in [0.25, 0.3) is 0 Å². The molecule has 1 aromatic heterocycles. The third kappa shape index (κ3) is 2.98. The monoisotopic (exact) mass is 290 g/mol. The molecular weight excluding hydrogens is 264 g/mol. The number of hydrogen-bond acceptors (Lipinski definition) is 5. The van der Waals surface area contributed by atoms with E-state index in [0.29, 0.717) is 18.1 Å². The highest BCUT2D eigenvalue weighted by molar-refractivity contribution is 5.50. The molecule has 2 heterocycles. The lowest BCUT2D eigenvalue weighted by Crippen LogP contribution is -2.53. The van der Waals surface area contributed by atoms with Crippen LogP contribution in [0.2, 0.25) is 0 Å². The Morgan fingerprint density at radius 3 is 2.86 bits per heavy atom. The van der Waals surface area contributed by atoms with Crippen molar-refractivity contribution in [1.29, 1.82) is 0 Å². The molecule has 3 rings (SSSR count). The summed E-state index contributed by atoms with van der Waals surface area (Å²) in [6.07, 6.45) is 5.35. The van der Waals surface area contributed by atoms with E-state index >= 15 is 0 Å². The minimum Gasteiger partial charge on any atom is -0.374 e. The van der Waals surface area contributed by atoms with Crippen LogP contribution in [0.1, 0.15) is 51.3 Å². The minimum absolute atomic E-state index is 0.334. The van der Waals surface area contributed by atoms with E-state index in [-0.39, 0.29) is 0 Å². The second kappa shape index (κ2) is 6.18. The van der Waals surface area contributed by atoms with Gasteiger partial charge in [-0.1, -0.05) is 26.7 Å². The molecule has 2 unspecified atom stereocenters. The van der Waals surface area contributed by atoms with Gasteiger partial charge in [0.25, 0.3) is 0 Å². The van der Waals surface area contributed by atoms with E-state index in [1.54, 1.807) is 0 Å². The Hall–Kier alpha value is -1.36. The molecule has 0 bridgehead atoms. The van der Waals surface area contributed by atoms with Gasteiger partial charge in [0, 0.05) is 25.6 Å². The average Bonchev–Trinajstić information content (AvgIpc) is 2.53. The normalized spacial score (nSPS) is 25.8. The van der Waals surface area contributed by atoms with Crippen LogP contribution in [0.15, 0.2) is 6.07 Å². The molecule has 1 aliphatic heterocycles. The number of aromatic nitrogens is 2. The maximum Gasteiger partial charge on any atom is 0.135 e. The summed E-state index contributed by atoms with van der Waals surface area (Å²) in [7, 11) is 1.92. The molecule has 0 radical (unpaired) electrons. The zero-order valence-electron chi connectivity index (χ0n) is 13.3. The number of fused-ring (bicyclic) bond motifs is 1. The Morgan fingerprint density at radius 2 is 2.10 bits per heavy atom. The Labute approximate surface area is 127 Å². The number of nitrogens with one attached hydrogen (secondary N) is 1. The molecular formula is C16H26N4O. The van der Waals surface area contributed by atoms with Gasteiger partial charge < -0.3 is 15.0 Å². The topological polar surface area (TPSA) is 50.3 Å². The van der Waals surface area contributed by atoms with Gasteiger partial charge in [-0.05, 0) is 12.8 Å². The number of anilines is 2. The first-order chi connectivity index (χ1) is 10.2. The summed E-state index contributed by atoms with van der Waals surface area (Å²) in [5.41, 5.74) is 0. The molecule has 1 saturated carbocycles. The van der Waals surface area contributed by atoms with Gasteiger partial charge in [-0.3, -0.25) is 0 Å². The summed E-state index contributed by atoms with van der Waals surface area (Å²) in [6.45, 7) is 6.01. The van der Waals surface area contributed by atoms with E-state index in [2.05, 4.69) is 35.1 Å². The molecule has 0 spiro atoms. The van der Waals surface area contributed by atoms with E-state index in [0.717, 1.165) is 30.6 Å². The highest BCUT2D eigenvalue weighted by Gasteiger charge is 2.35. The summed E-state index contributed by atoms with van der Waals surface area (Å²) in [5.74, 6) is 3.21. The maximum atomic E-state index is 5.97. The van der Waals surface area contributed by atoms with E-state index in [1.807, 2.05) is 7.05 Å². The van der Waals surface area contributed by atoms with Crippen LogP contribution < -0.4 is 10.2 Å². The Bertz CT molecular complexity index is 489. The highest BCUT2D eigenvalue weighted by Crippen LogP contribution is 2.32. The van der Waals surface area contributed by atoms with Gasteiger partial charge >= 0.3 is 0 Å². The summed E-state index contributed by atoms with van der Waals surface area (Å²) in [5, 5.41) is 3.16. The molecule has 0 amide bonds. The molecule has 1 aromatic rings. The molecule has 0 aromatic carbocycles. The highest BCUT2D eigenvalue weighted by atomic mass is 16.5. The number of hydrogen-bond donors (Lipinski definition) is 1. The van der Waals surface area contributed by atoms with Gasteiger partial charge in [-0.15, -0.1) is 0 Å². The van der Waals surface area contributed by atoms with Crippen molar-refractivity contribution in [3.63, 3.8) is 0 Å². The van der Waals surface area contributed by atoms with Crippen molar-refractivity contribution in [2.75, 3.05) is 30.4 Å². The fraction of sp³-hybridized carbons (Fsp3) is 0.750. The average molecular weight is 290 g/mol. The molecule has 2 atom stereocenters. The lowest BCUT2D eigenvalue weighted by molar-refractivity contribution is -0.00900. The van der Waals surface area contributed by atoms with Crippen molar-refractivity contribution >= 4 is 11.6 Å². The maximum absolute atomic E-state index is 5.97. The van der Waals surface area contributed by atoms with Gasteiger partial charge in [0.2, 0.25) is 0 Å². The lowest BCUT2D eigenvalue weighted by atomic mass is 9.90. The van der Waals surface area contributed by atoms with Gasteiger partial charge in [0.05, 0.1) is 18.8 Å². The molecule has 1 N–H and O–H groups in total. The molecule has 1 aliphatic carbocycles. The first kappa shape index (κ1) is 14.6. The van der Waals surface area contributed by atoms with Gasteiger partial charge in [-0.2, -0.15) is 0 Å². The lowest BCUT2D eigenvalue weighted by Gasteiger charge is -2.44. The number of rotatable bonds is 3. The largest absolute Gasteiger partial charge is 0.374 e. The van der Waals surface area contributed by atoms with Crippen molar-refractivity contribution in [2.45, 2.75) is 57.6 Å². The predicted octanol–water partition coefficient (Wildman–Crippen LogP) is 2.79. The second-order valence-corrected chi connectivity index (χ2v) is 6.33. The van der Waals surface area contributed by atoms with E-state index in [1.165, 1.54) is 25.7 Å². The van der Waals surface area contributed by atoms with E-state index < -0.39 is 0 Å². The van der Waals surface area contributed by atoms with Crippen LogP contribution in [0.4, 0.5) is 11.6 Å². The van der Waals surface area contributed by atoms with Crippen LogP contribution >= 0.6 is 0 Å². The predicted molar refractivity (Wildman–Crippen MR) is 85.0 cm³/mol. The summed E-state index contributed by atoms with van der Waals surface area (Å²) < 4.78 is 5.97. The summed E-state index contributed by atoms with van der Waals surface area (Å²) in [6, 6.07) is 2.55. The van der Waals surface area contributed by atoms with Crippen molar-refractivity contribution in [3.05, 3.63) is 11.9 Å². The summed E-state index contributed by atoms with van der Waals surface area (Å²) in [4.78, 5) is 11.8. The smallest absolute Gasteiger partial charge is 0.135 e. The minimum atomic E-state index is 0.334. The van der Waals surface area contributed by atoms with Gasteiger partial charge in [-0.25, -0.2) is 9.97 Å². The molecule has 5 nitrogen and oxygen atoms in total. The molecule has 21 heavy (non-hydrogen) atoms. The molecule has 5 heteroatoms. The van der Waals surface area contributed by atoms with Crippen LogP contribution in [-0.4, -0.2) is 42.3 Å². The third-order valence-electron chi connectivity index (χ3n) is 4.53. The van der Waals surface area contributed by atoms with Crippen molar-refractivity contribution in [1.82, 2.24) is 9.97 Å². The number of nitrogens with zero attached hydrogens (tertiary/aromatic N) is 3. The van der Waals surface area contributed by atoms with Crippen LogP contribution in [0.3, 0.4) is 0 Å². The van der Waals surface area contributed by atoms with Crippen molar-refractivity contribution < 1.29 is 4.74 Å². The van der Waals surface area contributed by atoms with Crippen molar-refractivity contribution in [3.8, 4) is 0 Å². The van der Waals surface area contributed by atoms with Gasteiger partial charge in [0.1, 0.15) is 17.5 Å². The zero-order valence-corrected chi connectivity index (χ0v) is 13.3. The Balaban J connectivity index is 1.92. The Morgan fingerprint density at radius 1 is 1.29 bits per heavy atom. The van der Waals surface area contributed by atoms with Gasteiger partial charge in [0.15, 0.2) is 0 Å². The van der Waals surface area contributed by atoms with Crippen LogP contribution in [-0.2, 0) is 4.74 Å². The van der Waals surface area contributed by atoms with Crippen LogP contribution in [0, 0.1) is 0 Å². The molecule has 2 aliphatic rings. The number of ether oxygens (including phenoxy) is 1. The fourth-order valence-corrected chi connectivity index (χ4v) is 3.37. The van der Waals surface area contributed by atoms with Crippen LogP contribution in [0.5, 0.6) is 0 Å². The number of morpholine rings is 1. The Kier molecular flexibility index (Phi) is 4.29. The standard InChI is InChI=1S/C16H26N4O/c1-11(2)16-18-14(17-3)10-15(19-16)20-8-9-21-13-7-5-4-6-12(13)20/h10-13H,4-9H2,1-3H3,(H,17,18,19). The fourth-order valence-electron chi connectivity index (χ4n) is 3.37. The summed E-state index contributed by atoms with van der Waals surface area (Å²) >= 11 is 0.